The third-order valence-electron chi connectivity index (χ3n) is 7.37. The topological polar surface area (TPSA) is 86.8 Å². The van der Waals surface area contributed by atoms with Crippen molar-refractivity contribution in [2.45, 2.75) is 69.5 Å². The van der Waals surface area contributed by atoms with Crippen LogP contribution in [0.4, 0.5) is 5.69 Å². The lowest BCUT2D eigenvalue weighted by molar-refractivity contribution is -0.140. The quantitative estimate of drug-likeness (QED) is 0.272. The van der Waals surface area contributed by atoms with Crippen LogP contribution in [0.3, 0.4) is 0 Å². The highest BCUT2D eigenvalue weighted by atomic mass is 35.5. The lowest BCUT2D eigenvalue weighted by Crippen LogP contribution is -2.53. The summed E-state index contributed by atoms with van der Waals surface area (Å²) in [5.74, 6) is -0.771. The van der Waals surface area contributed by atoms with E-state index in [9.17, 15) is 18.0 Å². The molecule has 0 unspecified atom stereocenters. The van der Waals surface area contributed by atoms with Crippen molar-refractivity contribution in [3.8, 4) is 0 Å². The van der Waals surface area contributed by atoms with Gasteiger partial charge in [-0.1, -0.05) is 97.1 Å². The molecule has 0 radical (unpaired) electrons. The van der Waals surface area contributed by atoms with Gasteiger partial charge in [-0.05, 0) is 56.0 Å². The van der Waals surface area contributed by atoms with Crippen molar-refractivity contribution >= 4 is 50.7 Å². The van der Waals surface area contributed by atoms with Crippen LogP contribution in [0.5, 0.6) is 0 Å². The molecule has 0 bridgehead atoms. The minimum atomic E-state index is -4.23. The van der Waals surface area contributed by atoms with Gasteiger partial charge in [0.1, 0.15) is 12.6 Å². The number of nitrogens with zero attached hydrogens (tertiary/aromatic N) is 2. The molecule has 0 aromatic heterocycles. The lowest BCUT2D eigenvalue weighted by atomic mass is 10.1. The van der Waals surface area contributed by atoms with Gasteiger partial charge >= 0.3 is 0 Å². The van der Waals surface area contributed by atoms with Gasteiger partial charge in [-0.15, -0.1) is 0 Å². The average molecular weight is 617 g/mol. The number of rotatable bonds is 11. The van der Waals surface area contributed by atoms with Gasteiger partial charge in [0.2, 0.25) is 11.8 Å². The van der Waals surface area contributed by atoms with E-state index in [0.29, 0.717) is 6.42 Å². The Kier molecular flexibility index (Phi) is 10.3. The zero-order chi connectivity index (χ0) is 29.6. The predicted molar refractivity (Wildman–Crippen MR) is 164 cm³/mol. The maximum Gasteiger partial charge on any atom is 0.264 e. The van der Waals surface area contributed by atoms with E-state index < -0.39 is 28.5 Å². The van der Waals surface area contributed by atoms with Crippen molar-refractivity contribution in [3.63, 3.8) is 0 Å². The number of sulfonamides is 1. The van der Waals surface area contributed by atoms with Crippen LogP contribution in [0.2, 0.25) is 10.0 Å². The summed E-state index contributed by atoms with van der Waals surface area (Å²) in [5, 5.41) is 3.28. The highest BCUT2D eigenvalue weighted by molar-refractivity contribution is 7.92. The number of hydrogen-bond acceptors (Lipinski definition) is 4. The van der Waals surface area contributed by atoms with Crippen molar-refractivity contribution in [3.05, 3.63) is 94.0 Å². The fourth-order valence-corrected chi connectivity index (χ4v) is 6.99. The molecule has 218 valence electrons. The average Bonchev–Trinajstić information content (AvgIpc) is 3.47. The van der Waals surface area contributed by atoms with Crippen LogP contribution >= 0.6 is 23.2 Å². The van der Waals surface area contributed by atoms with Crippen LogP contribution in [0.15, 0.2) is 77.7 Å². The molecule has 3 aromatic carbocycles. The number of carbonyl (C=O) groups is 2. The van der Waals surface area contributed by atoms with E-state index in [4.69, 9.17) is 23.2 Å². The van der Waals surface area contributed by atoms with E-state index >= 15 is 0 Å². The van der Waals surface area contributed by atoms with Gasteiger partial charge in [-0.25, -0.2) is 8.42 Å². The summed E-state index contributed by atoms with van der Waals surface area (Å²) in [7, 11) is -4.23. The fraction of sp³-hybridized carbons (Fsp3) is 0.355. The normalized spacial score (nSPS) is 14.4. The van der Waals surface area contributed by atoms with Gasteiger partial charge in [-0.2, -0.15) is 0 Å². The molecule has 1 aliphatic carbocycles. The molecule has 41 heavy (non-hydrogen) atoms. The summed E-state index contributed by atoms with van der Waals surface area (Å²) in [6, 6.07) is 19.5. The number of benzene rings is 3. The van der Waals surface area contributed by atoms with E-state index in [1.165, 1.54) is 23.1 Å². The molecule has 0 aliphatic heterocycles. The van der Waals surface area contributed by atoms with Crippen molar-refractivity contribution in [2.24, 2.45) is 0 Å². The smallest absolute Gasteiger partial charge is 0.264 e. The highest BCUT2D eigenvalue weighted by Crippen LogP contribution is 2.35. The maximum atomic E-state index is 14.2. The Hall–Kier alpha value is -3.07. The van der Waals surface area contributed by atoms with Crippen LogP contribution < -0.4 is 9.62 Å². The number of carbonyl (C=O) groups excluding carboxylic acids is 2. The van der Waals surface area contributed by atoms with Crippen LogP contribution in [0.1, 0.15) is 50.2 Å². The third-order valence-corrected chi connectivity index (χ3v) is 9.95. The largest absolute Gasteiger partial charge is 0.352 e. The van der Waals surface area contributed by atoms with Crippen molar-refractivity contribution in [2.75, 3.05) is 10.8 Å². The minimum absolute atomic E-state index is 0.0000512. The molecule has 1 atom stereocenters. The van der Waals surface area contributed by atoms with Gasteiger partial charge in [0.05, 0.1) is 20.6 Å². The number of aryl methyl sites for hydroxylation is 1. The fourth-order valence-electron chi connectivity index (χ4n) is 5.10. The zero-order valence-corrected chi connectivity index (χ0v) is 25.6. The van der Waals surface area contributed by atoms with Crippen LogP contribution in [-0.4, -0.2) is 43.8 Å². The van der Waals surface area contributed by atoms with E-state index in [2.05, 4.69) is 5.32 Å². The predicted octanol–water partition coefficient (Wildman–Crippen LogP) is 6.36. The van der Waals surface area contributed by atoms with Gasteiger partial charge in [0, 0.05) is 12.6 Å². The molecule has 1 fully saturated rings. The first-order chi connectivity index (χ1) is 19.6. The van der Waals surface area contributed by atoms with Gasteiger partial charge in [0.25, 0.3) is 10.0 Å². The van der Waals surface area contributed by atoms with Gasteiger partial charge < -0.3 is 10.2 Å². The lowest BCUT2D eigenvalue weighted by Gasteiger charge is -2.34. The van der Waals surface area contributed by atoms with Crippen molar-refractivity contribution < 1.29 is 18.0 Å². The Morgan fingerprint density at radius 2 is 1.61 bits per heavy atom. The van der Waals surface area contributed by atoms with E-state index in [1.807, 2.05) is 38.1 Å². The first kappa shape index (κ1) is 30.9. The standard InChI is InChI=1S/C31H35Cl2N3O4S/c1-3-27(31(38)34-24-10-7-8-11-24)35(20-23-18-16-22(2)17-19-23)29(37)21-36(28-15-9-14-26(32)30(28)33)41(39,40)25-12-5-4-6-13-25/h4-6,9,12-19,24,27H,3,7-8,10-11,20-21H2,1-2H3,(H,34,38)/t27-/m1/s1. The molecule has 1 N–H and O–H groups in total. The summed E-state index contributed by atoms with van der Waals surface area (Å²) in [6.45, 7) is 3.38. The Balaban J connectivity index is 1.73. The highest BCUT2D eigenvalue weighted by Gasteiger charge is 2.35. The van der Waals surface area contributed by atoms with Gasteiger partial charge in [0.15, 0.2) is 0 Å². The Bertz CT molecular complexity index is 1460. The summed E-state index contributed by atoms with van der Waals surface area (Å²) in [4.78, 5) is 29.2. The number of amides is 2. The molecular formula is C31H35Cl2N3O4S. The first-order valence-corrected chi connectivity index (χ1v) is 16.0. The second-order valence-electron chi connectivity index (χ2n) is 10.3. The molecule has 1 aliphatic rings. The van der Waals surface area contributed by atoms with Crippen LogP contribution in [0, 0.1) is 6.92 Å². The van der Waals surface area contributed by atoms with E-state index in [-0.39, 0.29) is 39.1 Å². The number of nitrogens with one attached hydrogen (secondary N) is 1. The number of halogens is 2. The Labute approximate surface area is 252 Å². The molecule has 3 aromatic rings. The molecular weight excluding hydrogens is 581 g/mol. The molecule has 0 heterocycles. The number of hydrogen-bond donors (Lipinski definition) is 1. The molecule has 7 nitrogen and oxygen atoms in total. The summed E-state index contributed by atoms with van der Waals surface area (Å²) >= 11 is 12.8. The Morgan fingerprint density at radius 1 is 0.951 bits per heavy atom. The minimum Gasteiger partial charge on any atom is -0.352 e. The molecule has 2 amide bonds. The Morgan fingerprint density at radius 3 is 2.24 bits per heavy atom. The van der Waals surface area contributed by atoms with Gasteiger partial charge in [-0.3, -0.25) is 13.9 Å². The van der Waals surface area contributed by atoms with Crippen LogP contribution in [-0.2, 0) is 26.2 Å². The van der Waals surface area contributed by atoms with E-state index in [0.717, 1.165) is 41.1 Å². The monoisotopic (exact) mass is 615 g/mol. The summed E-state index contributed by atoms with van der Waals surface area (Å²) < 4.78 is 28.8. The van der Waals surface area contributed by atoms with Crippen molar-refractivity contribution in [1.29, 1.82) is 0 Å². The second-order valence-corrected chi connectivity index (χ2v) is 13.0. The number of anilines is 1. The summed E-state index contributed by atoms with van der Waals surface area (Å²) in [6.07, 6.45) is 4.29. The van der Waals surface area contributed by atoms with Crippen LogP contribution in [0.25, 0.3) is 0 Å². The molecule has 10 heteroatoms. The molecule has 0 saturated heterocycles. The molecule has 1 saturated carbocycles. The third kappa shape index (κ3) is 7.42. The summed E-state index contributed by atoms with van der Waals surface area (Å²) in [5.41, 5.74) is 1.97. The first-order valence-electron chi connectivity index (χ1n) is 13.8. The van der Waals surface area contributed by atoms with E-state index in [1.54, 1.807) is 30.3 Å². The van der Waals surface area contributed by atoms with Crippen molar-refractivity contribution in [1.82, 2.24) is 10.2 Å². The SMILES string of the molecule is CC[C@H](C(=O)NC1CCCC1)N(Cc1ccc(C)cc1)C(=O)CN(c1cccc(Cl)c1Cl)S(=O)(=O)c1ccccc1. The zero-order valence-electron chi connectivity index (χ0n) is 23.2. The maximum absolute atomic E-state index is 14.2. The second kappa shape index (κ2) is 13.7. The molecule has 4 rings (SSSR count). The molecule has 0 spiro atoms.